The number of Topliss-reactive ketones (excluding diaryl/α,β-unsaturated/α-hetero) is 1. The Kier molecular flexibility index (Phi) is 5.39. The highest BCUT2D eigenvalue weighted by Crippen LogP contribution is 2.39. The first-order valence-corrected chi connectivity index (χ1v) is 9.66. The normalized spacial score (nSPS) is 13.1. The number of nitrogens with zero attached hydrogens (tertiary/aromatic N) is 1. The molecular formula is C22H23N5O2. The number of likely N-dealkylation sites (N-methyl/N-ethyl adjacent to an activating group) is 1. The number of carbonyl (C=O) groups excluding carboxylic acids is 2. The highest BCUT2D eigenvalue weighted by molar-refractivity contribution is 6.07. The number of H-pyrrole nitrogens is 1. The van der Waals surface area contributed by atoms with Gasteiger partial charge in [0.2, 0.25) is 5.91 Å². The number of aromatic nitrogens is 2. The molecule has 4 rings (SSSR count). The second-order valence-corrected chi connectivity index (χ2v) is 7.00. The van der Waals surface area contributed by atoms with Crippen LogP contribution in [0, 0.1) is 0 Å². The van der Waals surface area contributed by atoms with Crippen LogP contribution in [-0.4, -0.2) is 35.3 Å². The molecule has 148 valence electrons. The zero-order valence-electron chi connectivity index (χ0n) is 16.2. The molecular weight excluding hydrogens is 366 g/mol. The van der Waals surface area contributed by atoms with Crippen LogP contribution in [0.2, 0.25) is 0 Å². The summed E-state index contributed by atoms with van der Waals surface area (Å²) in [6.07, 6.45) is 3.88. The van der Waals surface area contributed by atoms with Gasteiger partial charge in [-0.3, -0.25) is 9.59 Å². The second-order valence-electron chi connectivity index (χ2n) is 7.00. The van der Waals surface area contributed by atoms with Gasteiger partial charge in [-0.05, 0) is 44.2 Å². The van der Waals surface area contributed by atoms with Gasteiger partial charge in [-0.15, -0.1) is 0 Å². The van der Waals surface area contributed by atoms with Gasteiger partial charge in [0.1, 0.15) is 5.82 Å². The minimum atomic E-state index is -0.166. The van der Waals surface area contributed by atoms with Crippen molar-refractivity contribution in [1.29, 1.82) is 0 Å². The number of ketones is 1. The van der Waals surface area contributed by atoms with Gasteiger partial charge < -0.3 is 20.9 Å². The van der Waals surface area contributed by atoms with Gasteiger partial charge >= 0.3 is 0 Å². The summed E-state index contributed by atoms with van der Waals surface area (Å²) in [5.74, 6) is 0.442. The summed E-state index contributed by atoms with van der Waals surface area (Å²) < 4.78 is 0. The zero-order chi connectivity index (χ0) is 20.2. The fraction of sp³-hybridized carbons (Fsp3) is 0.227. The summed E-state index contributed by atoms with van der Waals surface area (Å²) in [4.78, 5) is 32.3. The molecule has 0 radical (unpaired) electrons. The zero-order valence-corrected chi connectivity index (χ0v) is 16.2. The number of para-hydroxylation sites is 1. The molecule has 1 aromatic carbocycles. The van der Waals surface area contributed by atoms with Crippen LogP contribution in [0.15, 0.2) is 48.7 Å². The van der Waals surface area contributed by atoms with Crippen molar-refractivity contribution in [2.24, 2.45) is 0 Å². The van der Waals surface area contributed by atoms with E-state index in [0.29, 0.717) is 12.2 Å². The van der Waals surface area contributed by atoms with Crippen molar-refractivity contribution < 1.29 is 9.59 Å². The number of anilines is 3. The van der Waals surface area contributed by atoms with Crippen LogP contribution in [0.25, 0.3) is 11.3 Å². The molecule has 2 heterocycles. The van der Waals surface area contributed by atoms with Gasteiger partial charge in [-0.2, -0.15) is 0 Å². The van der Waals surface area contributed by atoms with Crippen LogP contribution in [-0.2, 0) is 11.2 Å². The maximum atomic E-state index is 12.7. The summed E-state index contributed by atoms with van der Waals surface area (Å²) in [6.45, 7) is 0.206. The smallest absolute Gasteiger partial charge is 0.239 e. The van der Waals surface area contributed by atoms with E-state index < -0.39 is 0 Å². The Morgan fingerprint density at radius 1 is 1.17 bits per heavy atom. The first-order chi connectivity index (χ1) is 14.2. The molecule has 7 nitrogen and oxygen atoms in total. The fourth-order valence-electron chi connectivity index (χ4n) is 3.61. The Bertz CT molecular complexity index is 1040. The Labute approximate surface area is 168 Å². The van der Waals surface area contributed by atoms with Gasteiger partial charge in [-0.25, -0.2) is 4.98 Å². The van der Waals surface area contributed by atoms with Gasteiger partial charge in [0.25, 0.3) is 0 Å². The van der Waals surface area contributed by atoms with Crippen molar-refractivity contribution >= 4 is 28.9 Å². The SMILES string of the molecule is CNCC(=O)Nc1cc(-c2[nH]c3c(c2Nc2ccccc2)C(=O)CCC3)ccn1. The molecule has 0 spiro atoms. The minimum Gasteiger partial charge on any atom is -0.356 e. The number of aromatic amines is 1. The summed E-state index contributed by atoms with van der Waals surface area (Å²) in [6, 6.07) is 13.5. The highest BCUT2D eigenvalue weighted by Gasteiger charge is 2.27. The largest absolute Gasteiger partial charge is 0.356 e. The number of amides is 1. The van der Waals surface area contributed by atoms with E-state index in [1.54, 1.807) is 13.2 Å². The number of fused-ring (bicyclic) bond motifs is 1. The lowest BCUT2D eigenvalue weighted by atomic mass is 9.95. The predicted molar refractivity (Wildman–Crippen MR) is 114 cm³/mol. The molecule has 4 N–H and O–H groups in total. The van der Waals surface area contributed by atoms with Crippen LogP contribution in [0.5, 0.6) is 0 Å². The van der Waals surface area contributed by atoms with E-state index in [1.165, 1.54) is 0 Å². The highest BCUT2D eigenvalue weighted by atomic mass is 16.2. The average molecular weight is 389 g/mol. The summed E-state index contributed by atoms with van der Waals surface area (Å²) in [7, 11) is 1.71. The van der Waals surface area contributed by atoms with Crippen molar-refractivity contribution in [3.63, 3.8) is 0 Å². The third kappa shape index (κ3) is 4.05. The number of rotatable bonds is 6. The Balaban J connectivity index is 1.75. The van der Waals surface area contributed by atoms with E-state index in [0.717, 1.165) is 46.7 Å². The number of nitrogens with one attached hydrogen (secondary N) is 4. The van der Waals surface area contributed by atoms with E-state index >= 15 is 0 Å². The molecule has 0 atom stereocenters. The predicted octanol–water partition coefficient (Wildman–Crippen LogP) is 3.50. The van der Waals surface area contributed by atoms with Crippen molar-refractivity contribution in [2.75, 3.05) is 24.2 Å². The molecule has 0 aliphatic heterocycles. The van der Waals surface area contributed by atoms with E-state index in [1.807, 2.05) is 42.5 Å². The quantitative estimate of drug-likeness (QED) is 0.517. The molecule has 0 fully saturated rings. The molecule has 29 heavy (non-hydrogen) atoms. The van der Waals surface area contributed by atoms with Crippen LogP contribution in [0.3, 0.4) is 0 Å². The van der Waals surface area contributed by atoms with Crippen LogP contribution in [0.1, 0.15) is 28.9 Å². The first kappa shape index (κ1) is 18.9. The molecule has 0 bridgehead atoms. The first-order valence-electron chi connectivity index (χ1n) is 9.66. The molecule has 7 heteroatoms. The van der Waals surface area contributed by atoms with E-state index in [4.69, 9.17) is 0 Å². The average Bonchev–Trinajstić information content (AvgIpc) is 3.09. The van der Waals surface area contributed by atoms with E-state index in [2.05, 4.69) is 25.9 Å². The number of hydrogen-bond acceptors (Lipinski definition) is 5. The number of benzene rings is 1. The monoisotopic (exact) mass is 389 g/mol. The molecule has 0 saturated carbocycles. The van der Waals surface area contributed by atoms with E-state index in [9.17, 15) is 9.59 Å². The minimum absolute atomic E-state index is 0.142. The standard InChI is InChI=1S/C22H23N5O2/c1-23-13-19(29)27-18-12-14(10-11-24-18)21-22(25-15-6-3-2-4-7-15)20-16(26-21)8-5-9-17(20)28/h2-4,6-7,10-12,23,25-26H,5,8-9,13H2,1H3,(H,24,27,29). The number of aryl methyl sites for hydroxylation is 1. The molecule has 0 unspecified atom stereocenters. The number of carbonyl (C=O) groups is 2. The third-order valence-electron chi connectivity index (χ3n) is 4.88. The summed E-state index contributed by atoms with van der Waals surface area (Å²) in [5.41, 5.74) is 5.03. The maximum absolute atomic E-state index is 12.7. The van der Waals surface area contributed by atoms with Gasteiger partial charge in [-0.1, -0.05) is 18.2 Å². The van der Waals surface area contributed by atoms with Crippen molar-refractivity contribution in [3.8, 4) is 11.3 Å². The molecule has 0 saturated heterocycles. The van der Waals surface area contributed by atoms with Crippen molar-refractivity contribution in [1.82, 2.24) is 15.3 Å². The van der Waals surface area contributed by atoms with Crippen LogP contribution >= 0.6 is 0 Å². The van der Waals surface area contributed by atoms with Gasteiger partial charge in [0.05, 0.1) is 23.5 Å². The molecule has 1 amide bonds. The lowest BCUT2D eigenvalue weighted by Crippen LogP contribution is -2.25. The maximum Gasteiger partial charge on any atom is 0.239 e. The Hall–Kier alpha value is -3.45. The molecule has 1 aliphatic rings. The number of hydrogen-bond donors (Lipinski definition) is 4. The van der Waals surface area contributed by atoms with Crippen molar-refractivity contribution in [3.05, 3.63) is 59.9 Å². The van der Waals surface area contributed by atoms with Crippen LogP contribution < -0.4 is 16.0 Å². The number of pyridine rings is 1. The molecule has 2 aromatic heterocycles. The Morgan fingerprint density at radius 2 is 2.00 bits per heavy atom. The van der Waals surface area contributed by atoms with Gasteiger partial charge in [0.15, 0.2) is 5.78 Å². The lowest BCUT2D eigenvalue weighted by molar-refractivity contribution is -0.115. The van der Waals surface area contributed by atoms with Crippen LogP contribution in [0.4, 0.5) is 17.2 Å². The fourth-order valence-corrected chi connectivity index (χ4v) is 3.61. The van der Waals surface area contributed by atoms with E-state index in [-0.39, 0.29) is 18.2 Å². The molecule has 3 aromatic rings. The second kappa shape index (κ2) is 8.28. The Morgan fingerprint density at radius 3 is 2.79 bits per heavy atom. The molecule has 1 aliphatic carbocycles. The van der Waals surface area contributed by atoms with Gasteiger partial charge in [0, 0.05) is 29.6 Å². The summed E-state index contributed by atoms with van der Waals surface area (Å²) in [5, 5.41) is 9.01. The lowest BCUT2D eigenvalue weighted by Gasteiger charge is -2.14. The topological polar surface area (TPSA) is 98.9 Å². The summed E-state index contributed by atoms with van der Waals surface area (Å²) >= 11 is 0. The van der Waals surface area contributed by atoms with Crippen molar-refractivity contribution in [2.45, 2.75) is 19.3 Å². The third-order valence-corrected chi connectivity index (χ3v) is 4.88.